The van der Waals surface area contributed by atoms with E-state index in [0.29, 0.717) is 0 Å². The third-order valence-electron chi connectivity index (χ3n) is 2.60. The molecule has 0 saturated heterocycles. The monoisotopic (exact) mass is 242 g/mol. The molecule has 94 valence electrons. The summed E-state index contributed by atoms with van der Waals surface area (Å²) in [5, 5.41) is 0. The van der Waals surface area contributed by atoms with Crippen LogP contribution >= 0.6 is 0 Å². The predicted molar refractivity (Wildman–Crippen MR) is 73.0 cm³/mol. The molecule has 0 saturated carbocycles. The van der Waals surface area contributed by atoms with Crippen LogP contribution in [0.15, 0.2) is 30.3 Å². The number of hydrogen-bond donors (Lipinski definition) is 0. The van der Waals surface area contributed by atoms with Gasteiger partial charge in [0.05, 0.1) is 0 Å². The van der Waals surface area contributed by atoms with E-state index in [0.717, 1.165) is 36.3 Å². The number of benzene rings is 1. The molecule has 4 heteroatoms. The van der Waals surface area contributed by atoms with E-state index in [9.17, 15) is 0 Å². The normalized spacial score (nSPS) is 10.4. The van der Waals surface area contributed by atoms with Gasteiger partial charge >= 0.3 is 0 Å². The molecule has 4 nitrogen and oxygen atoms in total. The van der Waals surface area contributed by atoms with Gasteiger partial charge in [0.25, 0.3) is 0 Å². The standard InChI is InChI=1S/C14H18N4/c1-4-10-18(13-8-6-5-7-9-13)14-16-11(2)15-12(3)17-14/h5-9H,4,10H2,1-3H3. The minimum atomic E-state index is 0.730. The zero-order valence-corrected chi connectivity index (χ0v) is 11.1. The van der Waals surface area contributed by atoms with Crippen molar-refractivity contribution in [2.75, 3.05) is 11.4 Å². The van der Waals surface area contributed by atoms with Crippen molar-refractivity contribution in [3.05, 3.63) is 42.0 Å². The lowest BCUT2D eigenvalue weighted by molar-refractivity contribution is 0.819. The molecule has 0 fully saturated rings. The lowest BCUT2D eigenvalue weighted by Gasteiger charge is -2.22. The maximum absolute atomic E-state index is 4.43. The molecule has 0 amide bonds. The van der Waals surface area contributed by atoms with Crippen molar-refractivity contribution in [3.8, 4) is 0 Å². The summed E-state index contributed by atoms with van der Waals surface area (Å²) in [5.41, 5.74) is 1.12. The van der Waals surface area contributed by atoms with Crippen LogP contribution in [0.5, 0.6) is 0 Å². The zero-order valence-electron chi connectivity index (χ0n) is 11.1. The first-order valence-electron chi connectivity index (χ1n) is 6.22. The topological polar surface area (TPSA) is 41.9 Å². The number of nitrogens with zero attached hydrogens (tertiary/aromatic N) is 4. The fourth-order valence-corrected chi connectivity index (χ4v) is 1.90. The van der Waals surface area contributed by atoms with Crippen LogP contribution in [0, 0.1) is 13.8 Å². The van der Waals surface area contributed by atoms with Gasteiger partial charge in [-0.3, -0.25) is 0 Å². The Kier molecular flexibility index (Phi) is 3.87. The number of para-hydroxylation sites is 1. The number of rotatable bonds is 4. The van der Waals surface area contributed by atoms with Gasteiger partial charge in [0.15, 0.2) is 0 Å². The second-order valence-corrected chi connectivity index (χ2v) is 4.22. The molecule has 0 radical (unpaired) electrons. The second-order valence-electron chi connectivity index (χ2n) is 4.22. The maximum Gasteiger partial charge on any atom is 0.233 e. The third-order valence-corrected chi connectivity index (χ3v) is 2.60. The Morgan fingerprint density at radius 1 is 0.944 bits per heavy atom. The highest BCUT2D eigenvalue weighted by molar-refractivity contribution is 5.56. The summed E-state index contributed by atoms with van der Waals surface area (Å²) in [6, 6.07) is 10.2. The summed E-state index contributed by atoms with van der Waals surface area (Å²) in [6.07, 6.45) is 1.04. The van der Waals surface area contributed by atoms with E-state index in [-0.39, 0.29) is 0 Å². The maximum atomic E-state index is 4.43. The van der Waals surface area contributed by atoms with Crippen LogP contribution in [-0.4, -0.2) is 21.5 Å². The molecule has 0 atom stereocenters. The minimum Gasteiger partial charge on any atom is -0.310 e. The molecule has 0 aliphatic heterocycles. The summed E-state index contributed by atoms with van der Waals surface area (Å²) >= 11 is 0. The van der Waals surface area contributed by atoms with E-state index in [1.54, 1.807) is 0 Å². The van der Waals surface area contributed by atoms with E-state index in [1.165, 1.54) is 0 Å². The van der Waals surface area contributed by atoms with Crippen molar-refractivity contribution in [2.24, 2.45) is 0 Å². The Morgan fingerprint density at radius 2 is 1.56 bits per heavy atom. The van der Waals surface area contributed by atoms with Gasteiger partial charge in [0, 0.05) is 12.2 Å². The quantitative estimate of drug-likeness (QED) is 0.826. The number of aromatic nitrogens is 3. The molecule has 0 aliphatic rings. The molecular weight excluding hydrogens is 224 g/mol. The fraction of sp³-hybridized carbons (Fsp3) is 0.357. The molecule has 0 spiro atoms. The van der Waals surface area contributed by atoms with E-state index >= 15 is 0 Å². The van der Waals surface area contributed by atoms with E-state index in [2.05, 4.69) is 38.9 Å². The van der Waals surface area contributed by atoms with E-state index < -0.39 is 0 Å². The molecule has 0 bridgehead atoms. The summed E-state index contributed by atoms with van der Waals surface area (Å²) < 4.78 is 0. The van der Waals surface area contributed by atoms with Gasteiger partial charge in [0.2, 0.25) is 5.95 Å². The van der Waals surface area contributed by atoms with Crippen LogP contribution in [0.1, 0.15) is 25.0 Å². The largest absolute Gasteiger partial charge is 0.310 e. The lowest BCUT2D eigenvalue weighted by atomic mass is 10.3. The van der Waals surface area contributed by atoms with Gasteiger partial charge in [-0.2, -0.15) is 9.97 Å². The molecule has 1 aromatic carbocycles. The summed E-state index contributed by atoms with van der Waals surface area (Å²) in [4.78, 5) is 15.2. The highest BCUT2D eigenvalue weighted by atomic mass is 15.3. The molecule has 0 aliphatic carbocycles. The van der Waals surface area contributed by atoms with Gasteiger partial charge in [-0.1, -0.05) is 25.1 Å². The predicted octanol–water partition coefficient (Wildman–Crippen LogP) is 3.04. The molecule has 18 heavy (non-hydrogen) atoms. The summed E-state index contributed by atoms with van der Waals surface area (Å²) in [6.45, 7) is 6.84. The SMILES string of the molecule is CCCN(c1ccccc1)c1nc(C)nc(C)n1. The van der Waals surface area contributed by atoms with Crippen LogP contribution < -0.4 is 4.90 Å². The highest BCUT2D eigenvalue weighted by Crippen LogP contribution is 2.21. The van der Waals surface area contributed by atoms with Crippen molar-refractivity contribution in [1.82, 2.24) is 15.0 Å². The Labute approximate surface area is 108 Å². The van der Waals surface area contributed by atoms with Gasteiger partial charge in [0.1, 0.15) is 11.6 Å². The first kappa shape index (κ1) is 12.5. The first-order valence-corrected chi connectivity index (χ1v) is 6.22. The van der Waals surface area contributed by atoms with Gasteiger partial charge in [-0.05, 0) is 32.4 Å². The highest BCUT2D eigenvalue weighted by Gasteiger charge is 2.12. The van der Waals surface area contributed by atoms with Crippen molar-refractivity contribution in [2.45, 2.75) is 27.2 Å². The van der Waals surface area contributed by atoms with Crippen molar-refractivity contribution < 1.29 is 0 Å². The number of anilines is 2. The van der Waals surface area contributed by atoms with Gasteiger partial charge < -0.3 is 4.90 Å². The van der Waals surface area contributed by atoms with Crippen LogP contribution in [0.25, 0.3) is 0 Å². The molecule has 0 N–H and O–H groups in total. The molecule has 2 aromatic rings. The Balaban J connectivity index is 2.41. The smallest absolute Gasteiger partial charge is 0.233 e. The van der Waals surface area contributed by atoms with Crippen LogP contribution in [0.4, 0.5) is 11.6 Å². The van der Waals surface area contributed by atoms with Crippen molar-refractivity contribution >= 4 is 11.6 Å². The first-order chi connectivity index (χ1) is 8.70. The van der Waals surface area contributed by atoms with Crippen LogP contribution in [-0.2, 0) is 0 Å². The van der Waals surface area contributed by atoms with Gasteiger partial charge in [-0.25, -0.2) is 4.98 Å². The van der Waals surface area contributed by atoms with E-state index in [4.69, 9.17) is 0 Å². The second kappa shape index (κ2) is 5.58. The molecule has 2 rings (SSSR count). The Morgan fingerprint density at radius 3 is 2.11 bits per heavy atom. The van der Waals surface area contributed by atoms with Crippen LogP contribution in [0.3, 0.4) is 0 Å². The van der Waals surface area contributed by atoms with E-state index in [1.807, 2.05) is 32.0 Å². The Hall–Kier alpha value is -1.97. The van der Waals surface area contributed by atoms with Crippen molar-refractivity contribution in [1.29, 1.82) is 0 Å². The van der Waals surface area contributed by atoms with Gasteiger partial charge in [-0.15, -0.1) is 0 Å². The minimum absolute atomic E-state index is 0.730. The average Bonchev–Trinajstić information content (AvgIpc) is 2.36. The van der Waals surface area contributed by atoms with Crippen LogP contribution in [0.2, 0.25) is 0 Å². The number of aryl methyl sites for hydroxylation is 2. The summed E-state index contributed by atoms with van der Waals surface area (Å²) in [5.74, 6) is 2.25. The average molecular weight is 242 g/mol. The third kappa shape index (κ3) is 2.83. The molecule has 0 unspecified atom stereocenters. The van der Waals surface area contributed by atoms with Crippen molar-refractivity contribution in [3.63, 3.8) is 0 Å². The number of hydrogen-bond acceptors (Lipinski definition) is 4. The lowest BCUT2D eigenvalue weighted by Crippen LogP contribution is -2.21. The zero-order chi connectivity index (χ0) is 13.0. The molecule has 1 heterocycles. The molecular formula is C14H18N4. The Bertz CT molecular complexity index is 490. The molecule has 1 aromatic heterocycles. The summed E-state index contributed by atoms with van der Waals surface area (Å²) in [7, 11) is 0. The fourth-order valence-electron chi connectivity index (χ4n) is 1.90.